The van der Waals surface area contributed by atoms with Gasteiger partial charge in [0.05, 0.1) is 17.1 Å². The van der Waals surface area contributed by atoms with Gasteiger partial charge in [0.15, 0.2) is 0 Å². The smallest absolute Gasteiger partial charge is 0.255 e. The van der Waals surface area contributed by atoms with Gasteiger partial charge < -0.3 is 9.64 Å². The van der Waals surface area contributed by atoms with Gasteiger partial charge in [-0.1, -0.05) is 12.1 Å². The van der Waals surface area contributed by atoms with E-state index in [1.54, 1.807) is 24.1 Å². The van der Waals surface area contributed by atoms with E-state index in [2.05, 4.69) is 15.9 Å². The highest BCUT2D eigenvalue weighted by molar-refractivity contribution is 9.10. The van der Waals surface area contributed by atoms with Crippen molar-refractivity contribution in [1.82, 2.24) is 4.90 Å². The number of methoxy groups -OCH3 is 1. The predicted molar refractivity (Wildman–Crippen MR) is 90.0 cm³/mol. The molecule has 0 radical (unpaired) electrons. The monoisotopic (exact) mass is 377 g/mol. The van der Waals surface area contributed by atoms with Crippen LogP contribution >= 0.6 is 15.9 Å². The molecule has 23 heavy (non-hydrogen) atoms. The summed E-state index contributed by atoms with van der Waals surface area (Å²) in [5.41, 5.74) is 1.15. The van der Waals surface area contributed by atoms with Gasteiger partial charge in [-0.3, -0.25) is 4.79 Å². The molecule has 0 bridgehead atoms. The van der Waals surface area contributed by atoms with Gasteiger partial charge in [0, 0.05) is 17.7 Å². The largest absolute Gasteiger partial charge is 0.497 e. The second kappa shape index (κ2) is 5.64. The first-order chi connectivity index (χ1) is 10.9. The quantitative estimate of drug-likeness (QED) is 0.788. The predicted octanol–water partition coefficient (Wildman–Crippen LogP) is 4.49. The molecule has 3 rings (SSSR count). The third-order valence-electron chi connectivity index (χ3n) is 4.36. The number of amides is 1. The number of halogens is 2. The Morgan fingerprint density at radius 3 is 2.43 bits per heavy atom. The molecule has 0 N–H and O–H groups in total. The van der Waals surface area contributed by atoms with Crippen LogP contribution in [0.4, 0.5) is 4.39 Å². The molecular formula is C18H17BrFNO2. The number of benzene rings is 2. The topological polar surface area (TPSA) is 29.5 Å². The maximum absolute atomic E-state index is 14.5. The first kappa shape index (κ1) is 16.0. The molecule has 0 fully saturated rings. The van der Waals surface area contributed by atoms with Crippen molar-refractivity contribution in [1.29, 1.82) is 0 Å². The molecule has 0 aromatic heterocycles. The molecule has 1 amide bonds. The minimum Gasteiger partial charge on any atom is -0.497 e. The van der Waals surface area contributed by atoms with E-state index >= 15 is 0 Å². The molecule has 1 aliphatic rings. The van der Waals surface area contributed by atoms with Crippen molar-refractivity contribution in [3.63, 3.8) is 0 Å². The van der Waals surface area contributed by atoms with Crippen LogP contribution in [0.25, 0.3) is 0 Å². The second-order valence-corrected chi connectivity index (χ2v) is 6.94. The Morgan fingerprint density at radius 2 is 1.83 bits per heavy atom. The van der Waals surface area contributed by atoms with Crippen LogP contribution in [-0.4, -0.2) is 17.9 Å². The zero-order valence-corrected chi connectivity index (χ0v) is 14.8. The molecule has 120 valence electrons. The van der Waals surface area contributed by atoms with Gasteiger partial charge >= 0.3 is 0 Å². The number of ether oxygens (including phenoxy) is 1. The maximum Gasteiger partial charge on any atom is 0.255 e. The van der Waals surface area contributed by atoms with Crippen molar-refractivity contribution in [2.45, 2.75) is 25.9 Å². The summed E-state index contributed by atoms with van der Waals surface area (Å²) in [7, 11) is 1.61. The average molecular weight is 378 g/mol. The minimum absolute atomic E-state index is 0.146. The van der Waals surface area contributed by atoms with Gasteiger partial charge in [-0.2, -0.15) is 0 Å². The number of fused-ring (bicyclic) bond motifs is 1. The van der Waals surface area contributed by atoms with E-state index in [0.29, 0.717) is 22.1 Å². The van der Waals surface area contributed by atoms with Crippen LogP contribution in [0.3, 0.4) is 0 Å². The number of carbonyl (C=O) groups is 1. The van der Waals surface area contributed by atoms with Crippen LogP contribution in [0.2, 0.25) is 0 Å². The molecule has 0 atom stereocenters. The second-order valence-electron chi connectivity index (χ2n) is 6.08. The summed E-state index contributed by atoms with van der Waals surface area (Å²) in [4.78, 5) is 14.4. The van der Waals surface area contributed by atoms with E-state index in [0.717, 1.165) is 11.3 Å². The van der Waals surface area contributed by atoms with Crippen molar-refractivity contribution in [3.8, 4) is 5.75 Å². The van der Waals surface area contributed by atoms with E-state index in [1.807, 2.05) is 38.1 Å². The first-order valence-corrected chi connectivity index (χ1v) is 8.09. The van der Waals surface area contributed by atoms with Crippen LogP contribution in [0.5, 0.6) is 5.75 Å². The highest BCUT2D eigenvalue weighted by Crippen LogP contribution is 2.42. The standard InChI is InChI=1S/C18H17BrFNO2/c1-18(2)15-13(8-9-14(19)16(15)20)17(22)21(18)10-11-4-6-12(23-3)7-5-11/h4-9H,10H2,1-3H3. The Balaban J connectivity index is 1.98. The van der Waals surface area contributed by atoms with Crippen molar-refractivity contribution < 1.29 is 13.9 Å². The van der Waals surface area contributed by atoms with Gasteiger partial charge in [0.1, 0.15) is 11.6 Å². The third-order valence-corrected chi connectivity index (χ3v) is 4.97. The fourth-order valence-electron chi connectivity index (χ4n) is 3.04. The van der Waals surface area contributed by atoms with Crippen LogP contribution in [0, 0.1) is 5.82 Å². The Hall–Kier alpha value is -1.88. The summed E-state index contributed by atoms with van der Waals surface area (Å²) >= 11 is 3.20. The van der Waals surface area contributed by atoms with Crippen LogP contribution < -0.4 is 4.74 Å². The normalized spacial score (nSPS) is 15.7. The molecule has 0 saturated heterocycles. The highest BCUT2D eigenvalue weighted by atomic mass is 79.9. The van der Waals surface area contributed by atoms with Gasteiger partial charge in [0.25, 0.3) is 5.91 Å². The molecule has 1 heterocycles. The summed E-state index contributed by atoms with van der Waals surface area (Å²) < 4.78 is 20.1. The molecule has 0 saturated carbocycles. The SMILES string of the molecule is COc1ccc(CN2C(=O)c3ccc(Br)c(F)c3C2(C)C)cc1. The maximum atomic E-state index is 14.5. The zero-order valence-electron chi connectivity index (χ0n) is 13.2. The molecule has 3 nitrogen and oxygen atoms in total. The van der Waals surface area contributed by atoms with Crippen molar-refractivity contribution in [2.75, 3.05) is 7.11 Å². The zero-order chi connectivity index (χ0) is 16.8. The molecule has 1 aliphatic heterocycles. The number of nitrogens with zero attached hydrogens (tertiary/aromatic N) is 1. The lowest BCUT2D eigenvalue weighted by Gasteiger charge is -2.32. The summed E-state index contributed by atoms with van der Waals surface area (Å²) in [6.07, 6.45) is 0. The Morgan fingerprint density at radius 1 is 1.17 bits per heavy atom. The highest BCUT2D eigenvalue weighted by Gasteiger charge is 2.45. The third kappa shape index (κ3) is 2.53. The van der Waals surface area contributed by atoms with Crippen molar-refractivity contribution in [3.05, 3.63) is 63.4 Å². The van der Waals surface area contributed by atoms with E-state index < -0.39 is 5.54 Å². The lowest BCUT2D eigenvalue weighted by Crippen LogP contribution is -2.38. The lowest BCUT2D eigenvalue weighted by molar-refractivity contribution is 0.0592. The molecule has 0 spiro atoms. The average Bonchev–Trinajstić information content (AvgIpc) is 2.72. The van der Waals surface area contributed by atoms with Crippen LogP contribution in [0.15, 0.2) is 40.9 Å². The Kier molecular flexibility index (Phi) is 3.92. The fraction of sp³-hybridized carbons (Fsp3) is 0.278. The van der Waals surface area contributed by atoms with E-state index in [1.165, 1.54) is 0 Å². The Bertz CT molecular complexity index is 771. The number of carbonyl (C=O) groups excluding carboxylic acids is 1. The summed E-state index contributed by atoms with van der Waals surface area (Å²) in [6, 6.07) is 10.8. The molecule has 0 aliphatic carbocycles. The van der Waals surface area contributed by atoms with Gasteiger partial charge in [-0.25, -0.2) is 4.39 Å². The molecule has 2 aromatic carbocycles. The first-order valence-electron chi connectivity index (χ1n) is 7.29. The molecule has 0 unspecified atom stereocenters. The molecule has 2 aromatic rings. The minimum atomic E-state index is -0.708. The number of hydrogen-bond acceptors (Lipinski definition) is 2. The van der Waals surface area contributed by atoms with Gasteiger partial charge in [-0.05, 0) is 59.6 Å². The summed E-state index contributed by atoms with van der Waals surface area (Å²) in [6.45, 7) is 4.16. The van der Waals surface area contributed by atoms with E-state index in [9.17, 15) is 9.18 Å². The van der Waals surface area contributed by atoms with Crippen LogP contribution in [0.1, 0.15) is 35.3 Å². The van der Waals surface area contributed by atoms with Crippen molar-refractivity contribution >= 4 is 21.8 Å². The lowest BCUT2D eigenvalue weighted by atomic mass is 9.93. The van der Waals surface area contributed by atoms with Gasteiger partial charge in [-0.15, -0.1) is 0 Å². The van der Waals surface area contributed by atoms with Crippen LogP contribution in [-0.2, 0) is 12.1 Å². The van der Waals surface area contributed by atoms with E-state index in [4.69, 9.17) is 4.74 Å². The molecular weight excluding hydrogens is 361 g/mol. The molecule has 5 heteroatoms. The van der Waals surface area contributed by atoms with Gasteiger partial charge in [0.2, 0.25) is 0 Å². The summed E-state index contributed by atoms with van der Waals surface area (Å²) in [5.74, 6) is 0.254. The number of rotatable bonds is 3. The Labute approximate surface area is 143 Å². The number of hydrogen-bond donors (Lipinski definition) is 0. The fourth-order valence-corrected chi connectivity index (χ4v) is 3.37. The summed E-state index contributed by atoms with van der Waals surface area (Å²) in [5, 5.41) is 0. The van der Waals surface area contributed by atoms with E-state index in [-0.39, 0.29) is 11.7 Å². The van der Waals surface area contributed by atoms with Crippen molar-refractivity contribution in [2.24, 2.45) is 0 Å².